The Morgan fingerprint density at radius 1 is 1.35 bits per heavy atom. The fourth-order valence-corrected chi connectivity index (χ4v) is 1.87. The number of hydrogen-bond donors (Lipinski definition) is 2. The van der Waals surface area contributed by atoms with Gasteiger partial charge in [-0.1, -0.05) is 17.7 Å². The summed E-state index contributed by atoms with van der Waals surface area (Å²) < 4.78 is 5.57. The number of ether oxygens (including phenoxy) is 1. The highest BCUT2D eigenvalue weighted by molar-refractivity contribution is 14.0. The van der Waals surface area contributed by atoms with E-state index in [2.05, 4.69) is 21.9 Å². The third-order valence-electron chi connectivity index (χ3n) is 2.28. The minimum Gasteiger partial charge on any atom is -0.492 e. The van der Waals surface area contributed by atoms with Gasteiger partial charge in [-0.25, -0.2) is 0 Å². The van der Waals surface area contributed by atoms with Gasteiger partial charge in [0.25, 0.3) is 0 Å². The highest BCUT2D eigenvalue weighted by Gasteiger charge is 1.97. The van der Waals surface area contributed by atoms with Crippen molar-refractivity contribution in [2.75, 3.05) is 38.8 Å². The van der Waals surface area contributed by atoms with Crippen LogP contribution in [0.1, 0.15) is 0 Å². The molecule has 4 nitrogen and oxygen atoms in total. The van der Waals surface area contributed by atoms with Crippen molar-refractivity contribution in [1.82, 2.24) is 10.6 Å². The standard InChI is InChI=1S/C13H20ClN3OS.HI/c1-15-13(17-7-9-19-2)16-6-8-18-12-5-3-4-11(14)10-12;/h3-5,10H,6-9H2,1-2H3,(H2,15,16,17);1H. The molecule has 0 aliphatic rings. The van der Waals surface area contributed by atoms with Crippen molar-refractivity contribution in [3.05, 3.63) is 29.3 Å². The van der Waals surface area contributed by atoms with E-state index in [1.165, 1.54) is 0 Å². The normalized spacial score (nSPS) is 10.7. The summed E-state index contributed by atoms with van der Waals surface area (Å²) in [6.45, 7) is 2.14. The number of nitrogens with one attached hydrogen (secondary N) is 2. The maximum Gasteiger partial charge on any atom is 0.191 e. The Morgan fingerprint density at radius 2 is 2.10 bits per heavy atom. The molecule has 0 aliphatic carbocycles. The van der Waals surface area contributed by atoms with Crippen LogP contribution in [0.4, 0.5) is 0 Å². The molecule has 2 N–H and O–H groups in total. The summed E-state index contributed by atoms with van der Waals surface area (Å²) >= 11 is 7.67. The molecule has 0 aromatic heterocycles. The molecule has 0 atom stereocenters. The van der Waals surface area contributed by atoms with Gasteiger partial charge in [0.15, 0.2) is 5.96 Å². The lowest BCUT2D eigenvalue weighted by atomic mass is 10.3. The maximum atomic E-state index is 5.87. The van der Waals surface area contributed by atoms with Crippen LogP contribution in [0, 0.1) is 0 Å². The van der Waals surface area contributed by atoms with Crippen LogP contribution >= 0.6 is 47.3 Å². The molecular formula is C13H21ClIN3OS. The molecule has 0 fully saturated rings. The van der Waals surface area contributed by atoms with Crippen molar-refractivity contribution in [1.29, 1.82) is 0 Å². The number of nitrogens with zero attached hydrogens (tertiary/aromatic N) is 1. The first kappa shape index (κ1) is 19.7. The van der Waals surface area contributed by atoms with Crippen LogP contribution in [-0.2, 0) is 0 Å². The van der Waals surface area contributed by atoms with Crippen molar-refractivity contribution in [3.63, 3.8) is 0 Å². The summed E-state index contributed by atoms with van der Waals surface area (Å²) in [7, 11) is 1.76. The van der Waals surface area contributed by atoms with Gasteiger partial charge in [0, 0.05) is 24.4 Å². The lowest BCUT2D eigenvalue weighted by Crippen LogP contribution is -2.40. The highest BCUT2D eigenvalue weighted by Crippen LogP contribution is 2.16. The first-order valence-corrected chi connectivity index (χ1v) is 7.85. The molecule has 20 heavy (non-hydrogen) atoms. The van der Waals surface area contributed by atoms with Crippen LogP contribution in [0.25, 0.3) is 0 Å². The number of guanidine groups is 1. The Morgan fingerprint density at radius 3 is 2.75 bits per heavy atom. The fourth-order valence-electron chi connectivity index (χ4n) is 1.39. The maximum absolute atomic E-state index is 5.87. The second kappa shape index (κ2) is 12.4. The van der Waals surface area contributed by atoms with Gasteiger partial charge < -0.3 is 15.4 Å². The molecule has 1 aromatic carbocycles. The van der Waals surface area contributed by atoms with Crippen LogP contribution in [0.5, 0.6) is 5.75 Å². The molecule has 114 valence electrons. The lowest BCUT2D eigenvalue weighted by molar-refractivity contribution is 0.322. The van der Waals surface area contributed by atoms with Gasteiger partial charge in [-0.3, -0.25) is 4.99 Å². The van der Waals surface area contributed by atoms with Crippen molar-refractivity contribution < 1.29 is 4.74 Å². The van der Waals surface area contributed by atoms with E-state index < -0.39 is 0 Å². The molecule has 7 heteroatoms. The Labute approximate surface area is 147 Å². The van der Waals surface area contributed by atoms with E-state index >= 15 is 0 Å². The van der Waals surface area contributed by atoms with Gasteiger partial charge in [-0.2, -0.15) is 11.8 Å². The first-order chi connectivity index (χ1) is 9.26. The quantitative estimate of drug-likeness (QED) is 0.303. The molecule has 0 radical (unpaired) electrons. The number of aliphatic imine (C=N–C) groups is 1. The van der Waals surface area contributed by atoms with Crippen LogP contribution < -0.4 is 15.4 Å². The van der Waals surface area contributed by atoms with Gasteiger partial charge in [-0.05, 0) is 24.5 Å². The predicted octanol–water partition coefficient (Wildman–Crippen LogP) is 2.86. The Balaban J connectivity index is 0.00000361. The molecule has 1 rings (SSSR count). The van der Waals surface area contributed by atoms with Crippen molar-refractivity contribution in [2.45, 2.75) is 0 Å². The van der Waals surface area contributed by atoms with Crippen molar-refractivity contribution in [2.24, 2.45) is 4.99 Å². The first-order valence-electron chi connectivity index (χ1n) is 6.08. The van der Waals surface area contributed by atoms with E-state index in [1.807, 2.05) is 18.2 Å². The van der Waals surface area contributed by atoms with Crippen LogP contribution in [0.2, 0.25) is 5.02 Å². The molecule has 1 aromatic rings. The number of rotatable bonds is 7. The van der Waals surface area contributed by atoms with Gasteiger partial charge in [0.1, 0.15) is 12.4 Å². The average molecular weight is 430 g/mol. The minimum atomic E-state index is 0. The summed E-state index contributed by atoms with van der Waals surface area (Å²) in [5.41, 5.74) is 0. The van der Waals surface area contributed by atoms with Crippen LogP contribution in [0.15, 0.2) is 29.3 Å². The largest absolute Gasteiger partial charge is 0.492 e. The number of thioether (sulfide) groups is 1. The third kappa shape index (κ3) is 8.76. The van der Waals surface area contributed by atoms with Crippen molar-refractivity contribution >= 4 is 53.3 Å². The second-order valence-corrected chi connectivity index (χ2v) is 5.15. The summed E-state index contributed by atoms with van der Waals surface area (Å²) in [6, 6.07) is 7.38. The SMILES string of the molecule is CN=C(NCCOc1cccc(Cl)c1)NCCSC.I. The van der Waals surface area contributed by atoms with E-state index in [0.29, 0.717) is 18.2 Å². The number of hydrogen-bond acceptors (Lipinski definition) is 3. The molecular weight excluding hydrogens is 409 g/mol. The predicted molar refractivity (Wildman–Crippen MR) is 100 cm³/mol. The Hall–Kier alpha value is -0.340. The van der Waals surface area contributed by atoms with Gasteiger partial charge in [-0.15, -0.1) is 24.0 Å². The summed E-state index contributed by atoms with van der Waals surface area (Å²) in [5, 5.41) is 7.08. The smallest absolute Gasteiger partial charge is 0.191 e. The monoisotopic (exact) mass is 429 g/mol. The molecule has 0 saturated heterocycles. The fraction of sp³-hybridized carbons (Fsp3) is 0.462. The zero-order chi connectivity index (χ0) is 13.9. The molecule has 0 spiro atoms. The van der Waals surface area contributed by atoms with E-state index in [-0.39, 0.29) is 24.0 Å². The Bertz CT molecular complexity index is 407. The summed E-state index contributed by atoms with van der Waals surface area (Å²) in [5.74, 6) is 2.63. The van der Waals surface area contributed by atoms with Crippen LogP contribution in [-0.4, -0.2) is 44.7 Å². The van der Waals surface area contributed by atoms with E-state index in [9.17, 15) is 0 Å². The zero-order valence-electron chi connectivity index (χ0n) is 11.7. The van der Waals surface area contributed by atoms with Crippen molar-refractivity contribution in [3.8, 4) is 5.75 Å². The molecule has 0 aliphatic heterocycles. The number of benzene rings is 1. The Kier molecular flexibility index (Phi) is 12.2. The zero-order valence-corrected chi connectivity index (χ0v) is 15.6. The van der Waals surface area contributed by atoms with E-state index in [4.69, 9.17) is 16.3 Å². The summed E-state index contributed by atoms with van der Waals surface area (Å²) in [4.78, 5) is 4.13. The van der Waals surface area contributed by atoms with Gasteiger partial charge in [0.2, 0.25) is 0 Å². The van der Waals surface area contributed by atoms with E-state index in [1.54, 1.807) is 24.9 Å². The molecule has 0 saturated carbocycles. The highest BCUT2D eigenvalue weighted by atomic mass is 127. The van der Waals surface area contributed by atoms with Gasteiger partial charge >= 0.3 is 0 Å². The summed E-state index contributed by atoms with van der Waals surface area (Å²) in [6.07, 6.45) is 2.08. The lowest BCUT2D eigenvalue weighted by Gasteiger charge is -2.12. The van der Waals surface area contributed by atoms with Crippen LogP contribution in [0.3, 0.4) is 0 Å². The molecule has 0 unspecified atom stereocenters. The third-order valence-corrected chi connectivity index (χ3v) is 3.13. The minimum absolute atomic E-state index is 0. The average Bonchev–Trinajstić information content (AvgIpc) is 2.41. The molecule has 0 amide bonds. The molecule has 0 bridgehead atoms. The topological polar surface area (TPSA) is 45.7 Å². The van der Waals surface area contributed by atoms with Gasteiger partial charge in [0.05, 0.1) is 6.54 Å². The number of halogens is 2. The van der Waals surface area contributed by atoms with E-state index in [0.717, 1.165) is 24.0 Å². The second-order valence-electron chi connectivity index (χ2n) is 3.72. The molecule has 0 heterocycles.